The van der Waals surface area contributed by atoms with Crippen molar-refractivity contribution in [3.63, 3.8) is 0 Å². The van der Waals surface area contributed by atoms with E-state index in [1.807, 2.05) is 31.2 Å². The van der Waals surface area contributed by atoms with Gasteiger partial charge in [-0.15, -0.1) is 0 Å². The van der Waals surface area contributed by atoms with Crippen LogP contribution in [0.25, 0.3) is 0 Å². The summed E-state index contributed by atoms with van der Waals surface area (Å²) >= 11 is 5.80. The van der Waals surface area contributed by atoms with E-state index in [2.05, 4.69) is 22.4 Å². The van der Waals surface area contributed by atoms with Crippen molar-refractivity contribution in [1.29, 1.82) is 0 Å². The Morgan fingerprint density at radius 1 is 1.25 bits per heavy atom. The molecule has 2 nitrogen and oxygen atoms in total. The fourth-order valence-electron chi connectivity index (χ4n) is 1.50. The van der Waals surface area contributed by atoms with E-state index in [-0.39, 0.29) is 0 Å². The van der Waals surface area contributed by atoms with Crippen molar-refractivity contribution in [3.05, 3.63) is 58.9 Å². The highest BCUT2D eigenvalue weighted by molar-refractivity contribution is 6.29. The van der Waals surface area contributed by atoms with Gasteiger partial charge in [-0.25, -0.2) is 4.98 Å². The molecule has 0 aliphatic carbocycles. The molecule has 0 atom stereocenters. The maximum absolute atomic E-state index is 5.80. The Hall–Kier alpha value is -1.54. The SMILES string of the molecule is Cc1cc(Cl)ncc1NCc1ccccc1. The van der Waals surface area contributed by atoms with Gasteiger partial charge in [-0.05, 0) is 24.1 Å². The number of halogens is 1. The summed E-state index contributed by atoms with van der Waals surface area (Å²) in [5.41, 5.74) is 3.38. The van der Waals surface area contributed by atoms with E-state index in [0.29, 0.717) is 5.15 Å². The van der Waals surface area contributed by atoms with Crippen molar-refractivity contribution in [3.8, 4) is 0 Å². The quantitative estimate of drug-likeness (QED) is 0.817. The Kier molecular flexibility index (Phi) is 3.42. The summed E-state index contributed by atoms with van der Waals surface area (Å²) in [4.78, 5) is 4.06. The molecule has 0 amide bonds. The van der Waals surface area contributed by atoms with Gasteiger partial charge in [0.05, 0.1) is 11.9 Å². The average molecular weight is 233 g/mol. The molecule has 1 N–H and O–H groups in total. The first-order valence-corrected chi connectivity index (χ1v) is 5.53. The van der Waals surface area contributed by atoms with Gasteiger partial charge in [0.25, 0.3) is 0 Å². The Bertz CT molecular complexity index is 469. The van der Waals surface area contributed by atoms with Crippen molar-refractivity contribution in [1.82, 2.24) is 4.98 Å². The number of aryl methyl sites for hydroxylation is 1. The van der Waals surface area contributed by atoms with E-state index in [4.69, 9.17) is 11.6 Å². The Labute approximate surface area is 100 Å². The molecule has 0 aliphatic rings. The number of aromatic nitrogens is 1. The maximum Gasteiger partial charge on any atom is 0.129 e. The number of nitrogens with one attached hydrogen (secondary N) is 1. The lowest BCUT2D eigenvalue weighted by molar-refractivity contribution is 1.12. The van der Waals surface area contributed by atoms with Gasteiger partial charge in [0.15, 0.2) is 0 Å². The molecule has 3 heteroatoms. The second kappa shape index (κ2) is 4.99. The minimum Gasteiger partial charge on any atom is -0.380 e. The predicted octanol–water partition coefficient (Wildman–Crippen LogP) is 3.66. The van der Waals surface area contributed by atoms with Gasteiger partial charge in [-0.1, -0.05) is 41.9 Å². The molecule has 0 saturated carbocycles. The van der Waals surface area contributed by atoms with E-state index in [0.717, 1.165) is 17.8 Å². The standard InChI is InChI=1S/C13H13ClN2/c1-10-7-13(14)16-9-12(10)15-8-11-5-3-2-4-6-11/h2-7,9,15H,8H2,1H3. The minimum absolute atomic E-state index is 0.530. The fraction of sp³-hybridized carbons (Fsp3) is 0.154. The van der Waals surface area contributed by atoms with Crippen LogP contribution in [0.3, 0.4) is 0 Å². The molecule has 2 aromatic rings. The van der Waals surface area contributed by atoms with Crippen LogP contribution in [0.1, 0.15) is 11.1 Å². The highest BCUT2D eigenvalue weighted by atomic mass is 35.5. The van der Waals surface area contributed by atoms with E-state index >= 15 is 0 Å². The van der Waals surface area contributed by atoms with Crippen molar-refractivity contribution < 1.29 is 0 Å². The second-order valence-corrected chi connectivity index (χ2v) is 4.05. The third-order valence-electron chi connectivity index (χ3n) is 2.40. The van der Waals surface area contributed by atoms with Crippen LogP contribution in [0.5, 0.6) is 0 Å². The fourth-order valence-corrected chi connectivity index (χ4v) is 1.71. The van der Waals surface area contributed by atoms with Crippen LogP contribution in [-0.2, 0) is 6.54 Å². The van der Waals surface area contributed by atoms with Crippen molar-refractivity contribution in [2.45, 2.75) is 13.5 Å². The zero-order chi connectivity index (χ0) is 11.4. The Morgan fingerprint density at radius 3 is 2.69 bits per heavy atom. The smallest absolute Gasteiger partial charge is 0.129 e. The first kappa shape index (κ1) is 11.0. The first-order chi connectivity index (χ1) is 7.75. The van der Waals surface area contributed by atoms with Crippen LogP contribution in [0.4, 0.5) is 5.69 Å². The van der Waals surface area contributed by atoms with E-state index in [1.54, 1.807) is 6.20 Å². The molecular formula is C13H13ClN2. The lowest BCUT2D eigenvalue weighted by atomic mass is 10.2. The van der Waals surface area contributed by atoms with Gasteiger partial charge in [0.1, 0.15) is 5.15 Å². The Morgan fingerprint density at radius 2 is 2.00 bits per heavy atom. The third-order valence-corrected chi connectivity index (χ3v) is 2.61. The number of hydrogen-bond donors (Lipinski definition) is 1. The summed E-state index contributed by atoms with van der Waals surface area (Å²) in [6.07, 6.45) is 1.76. The molecule has 82 valence electrons. The monoisotopic (exact) mass is 232 g/mol. The van der Waals surface area contributed by atoms with Crippen LogP contribution in [0, 0.1) is 6.92 Å². The predicted molar refractivity (Wildman–Crippen MR) is 67.8 cm³/mol. The summed E-state index contributed by atoms with van der Waals surface area (Å²) in [6.45, 7) is 2.81. The van der Waals surface area contributed by atoms with E-state index < -0.39 is 0 Å². The van der Waals surface area contributed by atoms with Crippen molar-refractivity contribution in [2.24, 2.45) is 0 Å². The molecule has 0 bridgehead atoms. The van der Waals surface area contributed by atoms with Gasteiger partial charge in [0, 0.05) is 6.54 Å². The topological polar surface area (TPSA) is 24.9 Å². The molecule has 0 saturated heterocycles. The van der Waals surface area contributed by atoms with Crippen LogP contribution >= 0.6 is 11.6 Å². The number of anilines is 1. The summed E-state index contributed by atoms with van der Waals surface area (Å²) < 4.78 is 0. The van der Waals surface area contributed by atoms with Crippen LogP contribution in [0.15, 0.2) is 42.6 Å². The van der Waals surface area contributed by atoms with Gasteiger partial charge in [-0.2, -0.15) is 0 Å². The zero-order valence-electron chi connectivity index (χ0n) is 9.07. The number of nitrogens with zero attached hydrogens (tertiary/aromatic N) is 1. The molecule has 0 radical (unpaired) electrons. The number of hydrogen-bond acceptors (Lipinski definition) is 2. The molecule has 0 unspecified atom stereocenters. The molecule has 1 aromatic heterocycles. The molecule has 16 heavy (non-hydrogen) atoms. The van der Waals surface area contributed by atoms with Gasteiger partial charge in [0.2, 0.25) is 0 Å². The first-order valence-electron chi connectivity index (χ1n) is 5.15. The maximum atomic E-state index is 5.80. The molecule has 0 spiro atoms. The zero-order valence-corrected chi connectivity index (χ0v) is 9.83. The number of pyridine rings is 1. The molecule has 2 rings (SSSR count). The third kappa shape index (κ3) is 2.74. The van der Waals surface area contributed by atoms with Crippen LogP contribution in [0.2, 0.25) is 5.15 Å². The highest BCUT2D eigenvalue weighted by Crippen LogP contribution is 2.17. The molecule has 0 fully saturated rings. The summed E-state index contributed by atoms with van der Waals surface area (Å²) in [5, 5.41) is 3.87. The molecule has 0 aliphatic heterocycles. The Balaban J connectivity index is 2.05. The van der Waals surface area contributed by atoms with Gasteiger partial charge >= 0.3 is 0 Å². The average Bonchev–Trinajstić information content (AvgIpc) is 2.29. The largest absolute Gasteiger partial charge is 0.380 e. The van der Waals surface area contributed by atoms with Gasteiger partial charge < -0.3 is 5.32 Å². The van der Waals surface area contributed by atoms with Crippen molar-refractivity contribution >= 4 is 17.3 Å². The molecular weight excluding hydrogens is 220 g/mol. The van der Waals surface area contributed by atoms with E-state index in [9.17, 15) is 0 Å². The number of benzene rings is 1. The van der Waals surface area contributed by atoms with Crippen molar-refractivity contribution in [2.75, 3.05) is 5.32 Å². The van der Waals surface area contributed by atoms with E-state index in [1.165, 1.54) is 5.56 Å². The number of rotatable bonds is 3. The highest BCUT2D eigenvalue weighted by Gasteiger charge is 1.99. The molecule has 1 aromatic carbocycles. The van der Waals surface area contributed by atoms with Crippen LogP contribution < -0.4 is 5.32 Å². The summed E-state index contributed by atoms with van der Waals surface area (Å²) in [7, 11) is 0. The normalized spacial score (nSPS) is 10.1. The summed E-state index contributed by atoms with van der Waals surface area (Å²) in [6, 6.07) is 12.1. The lowest BCUT2D eigenvalue weighted by Gasteiger charge is -2.09. The van der Waals surface area contributed by atoms with Gasteiger partial charge in [-0.3, -0.25) is 0 Å². The second-order valence-electron chi connectivity index (χ2n) is 3.66. The molecule has 1 heterocycles. The minimum atomic E-state index is 0.530. The van der Waals surface area contributed by atoms with Crippen LogP contribution in [-0.4, -0.2) is 4.98 Å². The lowest BCUT2D eigenvalue weighted by Crippen LogP contribution is -2.01. The summed E-state index contributed by atoms with van der Waals surface area (Å²) in [5.74, 6) is 0.